The third-order valence-corrected chi connectivity index (χ3v) is 3.16. The number of furan rings is 1. The van der Waals surface area contributed by atoms with Gasteiger partial charge in [-0.15, -0.1) is 0 Å². The van der Waals surface area contributed by atoms with Gasteiger partial charge < -0.3 is 14.5 Å². The molecule has 0 aliphatic carbocycles. The largest absolute Gasteiger partial charge is 0.465 e. The van der Waals surface area contributed by atoms with Crippen LogP contribution in [0.15, 0.2) is 16.5 Å². The van der Waals surface area contributed by atoms with E-state index in [1.165, 1.54) is 0 Å². The highest BCUT2D eigenvalue weighted by molar-refractivity contribution is 5.09. The molecule has 0 saturated carbocycles. The molecule has 1 fully saturated rings. The maximum absolute atomic E-state index is 5.62. The number of ether oxygens (including phenoxy) is 1. The molecule has 3 nitrogen and oxygen atoms in total. The van der Waals surface area contributed by atoms with Crippen LogP contribution in [0.1, 0.15) is 44.3 Å². The second kappa shape index (κ2) is 5.02. The van der Waals surface area contributed by atoms with Crippen LogP contribution in [0.25, 0.3) is 0 Å². The van der Waals surface area contributed by atoms with Gasteiger partial charge in [-0.2, -0.15) is 0 Å². The van der Waals surface area contributed by atoms with E-state index in [0.717, 1.165) is 31.0 Å². The summed E-state index contributed by atoms with van der Waals surface area (Å²) in [6.07, 6.45) is 2.55. The lowest BCUT2D eigenvalue weighted by Crippen LogP contribution is -2.39. The lowest BCUT2D eigenvalue weighted by molar-refractivity contribution is 0.0111. The van der Waals surface area contributed by atoms with Crippen LogP contribution in [0.5, 0.6) is 0 Å². The van der Waals surface area contributed by atoms with E-state index in [1.807, 2.05) is 13.0 Å². The minimum Gasteiger partial charge on any atom is -0.465 e. The van der Waals surface area contributed by atoms with E-state index in [9.17, 15) is 0 Å². The minimum absolute atomic E-state index is 0.281. The molecule has 2 heterocycles. The van der Waals surface area contributed by atoms with Crippen LogP contribution in [-0.4, -0.2) is 18.8 Å². The number of aryl methyl sites for hydroxylation is 1. The summed E-state index contributed by atoms with van der Waals surface area (Å²) in [7, 11) is 0. The van der Waals surface area contributed by atoms with Gasteiger partial charge in [0.25, 0.3) is 0 Å². The van der Waals surface area contributed by atoms with E-state index < -0.39 is 0 Å². The summed E-state index contributed by atoms with van der Waals surface area (Å²) < 4.78 is 11.2. The predicted octanol–water partition coefficient (Wildman–Crippen LogP) is 2.81. The molecule has 3 unspecified atom stereocenters. The smallest absolute Gasteiger partial charge is 0.120 e. The summed E-state index contributed by atoms with van der Waals surface area (Å²) in [4.78, 5) is 0. The highest BCUT2D eigenvalue weighted by atomic mass is 16.5. The molecule has 0 radical (unpaired) electrons. The van der Waals surface area contributed by atoms with E-state index in [1.54, 1.807) is 0 Å². The van der Waals surface area contributed by atoms with Gasteiger partial charge in [0.05, 0.1) is 12.1 Å². The summed E-state index contributed by atoms with van der Waals surface area (Å²) in [5.74, 6) is 2.00. The van der Waals surface area contributed by atoms with Crippen LogP contribution in [0, 0.1) is 6.92 Å². The van der Waals surface area contributed by atoms with Crippen LogP contribution < -0.4 is 5.32 Å². The van der Waals surface area contributed by atoms with Crippen molar-refractivity contribution < 1.29 is 9.15 Å². The summed E-state index contributed by atoms with van der Waals surface area (Å²) in [6, 6.07) is 4.89. The zero-order valence-corrected chi connectivity index (χ0v) is 10.3. The minimum atomic E-state index is 0.281. The molecule has 16 heavy (non-hydrogen) atoms. The number of hydrogen-bond donors (Lipinski definition) is 1. The predicted molar refractivity (Wildman–Crippen MR) is 63.4 cm³/mol. The third kappa shape index (κ3) is 2.86. The topological polar surface area (TPSA) is 34.4 Å². The van der Waals surface area contributed by atoms with Gasteiger partial charge in [-0.3, -0.25) is 0 Å². The lowest BCUT2D eigenvalue weighted by Gasteiger charge is -2.29. The molecule has 0 amide bonds. The van der Waals surface area contributed by atoms with Crippen molar-refractivity contribution in [3.63, 3.8) is 0 Å². The fraction of sp³-hybridized carbons (Fsp3) is 0.692. The highest BCUT2D eigenvalue weighted by Crippen LogP contribution is 2.20. The molecule has 1 N–H and O–H groups in total. The van der Waals surface area contributed by atoms with Crippen molar-refractivity contribution >= 4 is 0 Å². The van der Waals surface area contributed by atoms with E-state index in [0.29, 0.717) is 12.1 Å². The van der Waals surface area contributed by atoms with Crippen molar-refractivity contribution in [3.8, 4) is 0 Å². The van der Waals surface area contributed by atoms with Crippen molar-refractivity contribution in [2.75, 3.05) is 6.61 Å². The first-order valence-corrected chi connectivity index (χ1v) is 6.09. The molecule has 0 spiro atoms. The Balaban J connectivity index is 1.89. The van der Waals surface area contributed by atoms with Crippen molar-refractivity contribution in [1.82, 2.24) is 5.32 Å². The zero-order valence-electron chi connectivity index (χ0n) is 10.3. The Hall–Kier alpha value is -0.800. The molecule has 1 aromatic rings. The maximum Gasteiger partial charge on any atom is 0.120 e. The first-order valence-electron chi connectivity index (χ1n) is 6.09. The van der Waals surface area contributed by atoms with Crippen molar-refractivity contribution in [3.05, 3.63) is 23.7 Å². The molecule has 1 aliphatic rings. The average Bonchev–Trinajstić information content (AvgIpc) is 2.65. The number of nitrogens with one attached hydrogen (secondary N) is 1. The standard InChI is InChI=1S/C13H21NO2/c1-9-4-5-13(16-9)11(3)14-12-6-7-15-10(2)8-12/h4-5,10-12,14H,6-8H2,1-3H3. The maximum atomic E-state index is 5.62. The number of rotatable bonds is 3. The van der Waals surface area contributed by atoms with Gasteiger partial charge in [-0.1, -0.05) is 0 Å². The van der Waals surface area contributed by atoms with Crippen molar-refractivity contribution in [1.29, 1.82) is 0 Å². The first-order chi connectivity index (χ1) is 7.65. The summed E-state index contributed by atoms with van der Waals surface area (Å²) in [5, 5.41) is 3.61. The van der Waals surface area contributed by atoms with Gasteiger partial charge in [-0.05, 0) is 45.7 Å². The van der Waals surface area contributed by atoms with Gasteiger partial charge in [0.2, 0.25) is 0 Å². The van der Waals surface area contributed by atoms with E-state index in [-0.39, 0.29) is 6.04 Å². The van der Waals surface area contributed by atoms with Crippen molar-refractivity contribution in [2.45, 2.75) is 51.8 Å². The van der Waals surface area contributed by atoms with Gasteiger partial charge >= 0.3 is 0 Å². The van der Waals surface area contributed by atoms with E-state index in [4.69, 9.17) is 9.15 Å². The molecule has 1 aliphatic heterocycles. The lowest BCUT2D eigenvalue weighted by atomic mass is 10.0. The van der Waals surface area contributed by atoms with Crippen LogP contribution in [0.2, 0.25) is 0 Å². The molecular weight excluding hydrogens is 202 g/mol. The van der Waals surface area contributed by atoms with E-state index >= 15 is 0 Å². The molecule has 2 rings (SSSR count). The molecular formula is C13H21NO2. The van der Waals surface area contributed by atoms with Gasteiger partial charge in [-0.25, -0.2) is 0 Å². The average molecular weight is 223 g/mol. The second-order valence-electron chi connectivity index (χ2n) is 4.74. The molecule has 3 heteroatoms. The third-order valence-electron chi connectivity index (χ3n) is 3.16. The summed E-state index contributed by atoms with van der Waals surface area (Å²) >= 11 is 0. The molecule has 3 atom stereocenters. The van der Waals surface area contributed by atoms with Gasteiger partial charge in [0.15, 0.2) is 0 Å². The summed E-state index contributed by atoms with van der Waals surface area (Å²) in [5.41, 5.74) is 0. The van der Waals surface area contributed by atoms with Crippen LogP contribution in [0.4, 0.5) is 0 Å². The van der Waals surface area contributed by atoms with Crippen LogP contribution in [-0.2, 0) is 4.74 Å². The zero-order chi connectivity index (χ0) is 11.5. The highest BCUT2D eigenvalue weighted by Gasteiger charge is 2.21. The molecule has 0 aromatic carbocycles. The normalized spacial score (nSPS) is 27.9. The monoisotopic (exact) mass is 223 g/mol. The Kier molecular flexibility index (Phi) is 3.66. The van der Waals surface area contributed by atoms with E-state index in [2.05, 4.69) is 25.2 Å². The molecule has 0 bridgehead atoms. The second-order valence-corrected chi connectivity index (χ2v) is 4.74. The molecule has 1 aromatic heterocycles. The Morgan fingerprint density at radius 1 is 1.44 bits per heavy atom. The molecule has 1 saturated heterocycles. The fourth-order valence-corrected chi connectivity index (χ4v) is 2.27. The van der Waals surface area contributed by atoms with Crippen LogP contribution >= 0.6 is 0 Å². The van der Waals surface area contributed by atoms with Gasteiger partial charge in [0, 0.05) is 12.6 Å². The van der Waals surface area contributed by atoms with Crippen molar-refractivity contribution in [2.24, 2.45) is 0 Å². The first kappa shape index (κ1) is 11.7. The Morgan fingerprint density at radius 2 is 2.25 bits per heavy atom. The molecule has 90 valence electrons. The van der Waals surface area contributed by atoms with Gasteiger partial charge in [0.1, 0.15) is 11.5 Å². The Labute approximate surface area is 97.2 Å². The fourth-order valence-electron chi connectivity index (χ4n) is 2.27. The summed E-state index contributed by atoms with van der Waals surface area (Å²) in [6.45, 7) is 7.13. The van der Waals surface area contributed by atoms with Crippen LogP contribution in [0.3, 0.4) is 0 Å². The quantitative estimate of drug-likeness (QED) is 0.855. The Bertz CT molecular complexity index is 334. The Morgan fingerprint density at radius 3 is 2.88 bits per heavy atom. The SMILES string of the molecule is Cc1ccc(C(C)NC2CCOC(C)C2)o1. The number of hydrogen-bond acceptors (Lipinski definition) is 3.